The third kappa shape index (κ3) is 3.28. The van der Waals surface area contributed by atoms with Crippen molar-refractivity contribution < 1.29 is 5.11 Å². The van der Waals surface area contributed by atoms with Gasteiger partial charge in [-0.05, 0) is 42.4 Å². The molecular formula is C15H20BrClO. The molecule has 1 aromatic carbocycles. The first-order valence-corrected chi connectivity index (χ1v) is 7.92. The minimum atomic E-state index is -0.369. The van der Waals surface area contributed by atoms with Gasteiger partial charge in [0.15, 0.2) is 0 Å². The summed E-state index contributed by atoms with van der Waals surface area (Å²) in [4.78, 5) is 0. The molecule has 0 heterocycles. The zero-order valence-electron chi connectivity index (χ0n) is 10.7. The number of aliphatic hydroxyl groups excluding tert-OH is 1. The van der Waals surface area contributed by atoms with Crippen LogP contribution in [0.1, 0.15) is 50.7 Å². The molecule has 1 saturated carbocycles. The zero-order valence-corrected chi connectivity index (χ0v) is 13.0. The van der Waals surface area contributed by atoms with Crippen LogP contribution in [0.15, 0.2) is 22.7 Å². The van der Waals surface area contributed by atoms with Crippen LogP contribution in [-0.4, -0.2) is 5.11 Å². The average Bonchev–Trinajstić information content (AvgIpc) is 2.38. The van der Waals surface area contributed by atoms with Gasteiger partial charge in [-0.2, -0.15) is 0 Å². The molecule has 3 heteroatoms. The van der Waals surface area contributed by atoms with E-state index in [2.05, 4.69) is 22.9 Å². The second-order valence-corrected chi connectivity index (χ2v) is 6.60. The van der Waals surface area contributed by atoms with Gasteiger partial charge in [0.1, 0.15) is 0 Å². The van der Waals surface area contributed by atoms with E-state index in [4.69, 9.17) is 11.6 Å². The highest BCUT2D eigenvalue weighted by atomic mass is 79.9. The second-order valence-electron chi connectivity index (χ2n) is 5.31. The Labute approximate surface area is 123 Å². The molecule has 1 fully saturated rings. The van der Waals surface area contributed by atoms with Gasteiger partial charge < -0.3 is 5.11 Å². The van der Waals surface area contributed by atoms with Gasteiger partial charge in [-0.1, -0.05) is 59.8 Å². The van der Waals surface area contributed by atoms with Gasteiger partial charge >= 0.3 is 0 Å². The van der Waals surface area contributed by atoms with Crippen molar-refractivity contribution in [1.82, 2.24) is 0 Å². The minimum Gasteiger partial charge on any atom is -0.388 e. The van der Waals surface area contributed by atoms with E-state index in [0.717, 1.165) is 28.8 Å². The largest absolute Gasteiger partial charge is 0.388 e. The van der Waals surface area contributed by atoms with Gasteiger partial charge in [0.05, 0.1) is 6.10 Å². The predicted molar refractivity (Wildman–Crippen MR) is 79.9 cm³/mol. The molecule has 2 rings (SSSR count). The molecule has 18 heavy (non-hydrogen) atoms. The van der Waals surface area contributed by atoms with Crippen molar-refractivity contribution in [3.63, 3.8) is 0 Å². The number of rotatable bonds is 3. The third-order valence-corrected chi connectivity index (χ3v) is 5.05. The van der Waals surface area contributed by atoms with Gasteiger partial charge in [-0.15, -0.1) is 0 Å². The number of halogens is 2. The summed E-state index contributed by atoms with van der Waals surface area (Å²) < 4.78 is 0.918. The summed E-state index contributed by atoms with van der Waals surface area (Å²) in [7, 11) is 0. The van der Waals surface area contributed by atoms with E-state index in [1.807, 2.05) is 18.2 Å². The van der Waals surface area contributed by atoms with E-state index in [9.17, 15) is 5.11 Å². The van der Waals surface area contributed by atoms with Crippen LogP contribution in [0.4, 0.5) is 0 Å². The Hall–Kier alpha value is -0.0500. The Morgan fingerprint density at radius 2 is 2.22 bits per heavy atom. The van der Waals surface area contributed by atoms with Crippen LogP contribution in [0.2, 0.25) is 5.02 Å². The molecule has 0 aliphatic heterocycles. The molecule has 3 atom stereocenters. The normalized spacial score (nSPS) is 26.0. The molecular weight excluding hydrogens is 312 g/mol. The molecule has 3 unspecified atom stereocenters. The Kier molecular flexibility index (Phi) is 5.11. The van der Waals surface area contributed by atoms with Crippen molar-refractivity contribution in [2.45, 2.75) is 45.1 Å². The van der Waals surface area contributed by atoms with Crippen molar-refractivity contribution in [2.24, 2.45) is 11.8 Å². The summed E-state index contributed by atoms with van der Waals surface area (Å²) >= 11 is 9.44. The molecule has 1 nitrogen and oxygen atoms in total. The third-order valence-electron chi connectivity index (χ3n) is 4.13. The summed E-state index contributed by atoms with van der Waals surface area (Å²) in [5, 5.41) is 11.3. The molecule has 0 radical (unpaired) electrons. The first kappa shape index (κ1) is 14.4. The highest BCUT2D eigenvalue weighted by molar-refractivity contribution is 9.10. The highest BCUT2D eigenvalue weighted by Gasteiger charge is 2.28. The fourth-order valence-electron chi connectivity index (χ4n) is 2.99. The lowest BCUT2D eigenvalue weighted by molar-refractivity contribution is 0.0673. The fraction of sp³-hybridized carbons (Fsp3) is 0.600. The van der Waals surface area contributed by atoms with Crippen LogP contribution in [0.5, 0.6) is 0 Å². The Morgan fingerprint density at radius 1 is 1.44 bits per heavy atom. The van der Waals surface area contributed by atoms with Crippen LogP contribution < -0.4 is 0 Å². The van der Waals surface area contributed by atoms with E-state index in [0.29, 0.717) is 10.9 Å². The lowest BCUT2D eigenvalue weighted by atomic mass is 9.76. The van der Waals surface area contributed by atoms with E-state index in [-0.39, 0.29) is 6.10 Å². The SMILES string of the molecule is CCC1CCCC(C(O)c2ccc(Cl)cc2Br)C1. The van der Waals surface area contributed by atoms with Gasteiger partial charge in [0.2, 0.25) is 0 Å². The van der Waals surface area contributed by atoms with Gasteiger partial charge in [-0.25, -0.2) is 0 Å². The van der Waals surface area contributed by atoms with E-state index < -0.39 is 0 Å². The maximum Gasteiger partial charge on any atom is 0.0829 e. The van der Waals surface area contributed by atoms with E-state index in [1.165, 1.54) is 19.3 Å². The van der Waals surface area contributed by atoms with Crippen LogP contribution in [-0.2, 0) is 0 Å². The quantitative estimate of drug-likeness (QED) is 0.791. The number of hydrogen-bond donors (Lipinski definition) is 1. The smallest absolute Gasteiger partial charge is 0.0829 e. The monoisotopic (exact) mass is 330 g/mol. The Morgan fingerprint density at radius 3 is 2.89 bits per heavy atom. The van der Waals surface area contributed by atoms with Crippen LogP contribution in [0, 0.1) is 11.8 Å². The fourth-order valence-corrected chi connectivity index (χ4v) is 3.90. The summed E-state index contributed by atoms with van der Waals surface area (Å²) in [5.41, 5.74) is 0.973. The van der Waals surface area contributed by atoms with Crippen LogP contribution in [0.3, 0.4) is 0 Å². The van der Waals surface area contributed by atoms with E-state index >= 15 is 0 Å². The minimum absolute atomic E-state index is 0.369. The van der Waals surface area contributed by atoms with Crippen molar-refractivity contribution >= 4 is 27.5 Å². The lowest BCUT2D eigenvalue weighted by Gasteiger charge is -2.32. The van der Waals surface area contributed by atoms with Crippen molar-refractivity contribution in [3.05, 3.63) is 33.3 Å². The van der Waals surface area contributed by atoms with Crippen molar-refractivity contribution in [3.8, 4) is 0 Å². The second kappa shape index (κ2) is 6.40. The van der Waals surface area contributed by atoms with E-state index in [1.54, 1.807) is 0 Å². The standard InChI is InChI=1S/C15H20BrClO/c1-2-10-4-3-5-11(8-10)15(18)13-7-6-12(17)9-14(13)16/h6-7,9-11,15,18H,2-5,8H2,1H3. The summed E-state index contributed by atoms with van der Waals surface area (Å²) in [5.74, 6) is 1.17. The average molecular weight is 332 g/mol. The van der Waals surface area contributed by atoms with Crippen LogP contribution >= 0.6 is 27.5 Å². The predicted octanol–water partition coefficient (Wildman–Crippen LogP) is 5.35. The molecule has 0 saturated heterocycles. The number of hydrogen-bond acceptors (Lipinski definition) is 1. The number of benzene rings is 1. The maximum absolute atomic E-state index is 10.6. The maximum atomic E-state index is 10.6. The zero-order chi connectivity index (χ0) is 13.1. The van der Waals surface area contributed by atoms with Crippen LogP contribution in [0.25, 0.3) is 0 Å². The topological polar surface area (TPSA) is 20.2 Å². The summed E-state index contributed by atoms with van der Waals surface area (Å²) in [6.45, 7) is 2.25. The molecule has 0 amide bonds. The summed E-state index contributed by atoms with van der Waals surface area (Å²) in [6.07, 6.45) is 5.70. The molecule has 0 bridgehead atoms. The summed E-state index contributed by atoms with van der Waals surface area (Å²) in [6, 6.07) is 5.65. The first-order valence-electron chi connectivity index (χ1n) is 6.74. The molecule has 0 spiro atoms. The molecule has 1 aromatic rings. The van der Waals surface area contributed by atoms with Crippen molar-refractivity contribution in [2.75, 3.05) is 0 Å². The number of aliphatic hydroxyl groups is 1. The lowest BCUT2D eigenvalue weighted by Crippen LogP contribution is -2.21. The molecule has 1 N–H and O–H groups in total. The highest BCUT2D eigenvalue weighted by Crippen LogP contribution is 2.40. The molecule has 100 valence electrons. The molecule has 1 aliphatic carbocycles. The van der Waals surface area contributed by atoms with Gasteiger partial charge in [0, 0.05) is 9.50 Å². The molecule has 1 aliphatic rings. The van der Waals surface area contributed by atoms with Gasteiger partial charge in [0.25, 0.3) is 0 Å². The molecule has 0 aromatic heterocycles. The Balaban J connectivity index is 2.12. The van der Waals surface area contributed by atoms with Gasteiger partial charge in [-0.3, -0.25) is 0 Å². The van der Waals surface area contributed by atoms with Crippen molar-refractivity contribution in [1.29, 1.82) is 0 Å². The first-order chi connectivity index (χ1) is 8.61. The Bertz CT molecular complexity index is 407.